The zero-order chi connectivity index (χ0) is 20.5. The van der Waals surface area contributed by atoms with Gasteiger partial charge in [-0.25, -0.2) is 19.6 Å². The lowest BCUT2D eigenvalue weighted by atomic mass is 10.1. The molecule has 0 bridgehead atoms. The summed E-state index contributed by atoms with van der Waals surface area (Å²) in [6.07, 6.45) is -0.517. The summed E-state index contributed by atoms with van der Waals surface area (Å²) < 4.78 is 5.38. The number of hydrogen-bond acceptors (Lipinski definition) is 7. The van der Waals surface area contributed by atoms with Crippen molar-refractivity contribution in [2.24, 2.45) is 0 Å². The molecule has 150 valence electrons. The van der Waals surface area contributed by atoms with Crippen LogP contribution in [0.3, 0.4) is 0 Å². The molecule has 2 N–H and O–H groups in total. The molecule has 1 saturated heterocycles. The molecule has 1 amide bonds. The molecule has 3 rings (SSSR count). The highest BCUT2D eigenvalue weighted by atomic mass is 16.6. The van der Waals surface area contributed by atoms with E-state index < -0.39 is 23.7 Å². The Balaban J connectivity index is 1.91. The predicted molar refractivity (Wildman–Crippen MR) is 106 cm³/mol. The first kappa shape index (κ1) is 19.7. The van der Waals surface area contributed by atoms with Crippen LogP contribution in [-0.2, 0) is 9.53 Å². The molecule has 1 aliphatic heterocycles. The van der Waals surface area contributed by atoms with E-state index in [1.54, 1.807) is 32.7 Å². The molecule has 1 aromatic carbocycles. The number of hydrogen-bond donors (Lipinski definition) is 2. The second-order valence-electron chi connectivity index (χ2n) is 7.61. The van der Waals surface area contributed by atoms with Gasteiger partial charge in [-0.15, -0.1) is 0 Å². The van der Waals surface area contributed by atoms with E-state index in [9.17, 15) is 14.7 Å². The third kappa shape index (κ3) is 4.08. The number of carbonyl (C=O) groups is 2. The first-order chi connectivity index (χ1) is 13.2. The molecule has 0 saturated carbocycles. The van der Waals surface area contributed by atoms with Gasteiger partial charge in [0, 0.05) is 20.1 Å². The average Bonchev–Trinajstić information content (AvgIpc) is 2.65. The van der Waals surface area contributed by atoms with Crippen LogP contribution in [0.25, 0.3) is 11.0 Å². The molecule has 1 atom stereocenters. The molecule has 9 heteroatoms. The lowest BCUT2D eigenvalue weighted by Gasteiger charge is -2.40. The number of para-hydroxylation sites is 2. The second kappa shape index (κ2) is 7.49. The second-order valence-corrected chi connectivity index (χ2v) is 7.61. The van der Waals surface area contributed by atoms with E-state index >= 15 is 0 Å². The van der Waals surface area contributed by atoms with Crippen LogP contribution >= 0.6 is 0 Å². The number of nitrogens with one attached hydrogen (secondary N) is 1. The summed E-state index contributed by atoms with van der Waals surface area (Å²) in [7, 11) is 1.72. The van der Waals surface area contributed by atoms with Crippen LogP contribution < -0.4 is 10.2 Å². The molecular formula is C19H25N5O4. The summed E-state index contributed by atoms with van der Waals surface area (Å²) in [5.74, 6) is -0.0848. The van der Waals surface area contributed by atoms with E-state index in [1.165, 1.54) is 4.90 Å². The molecule has 0 unspecified atom stereocenters. The minimum absolute atomic E-state index is 0.00189. The molecule has 2 heterocycles. The van der Waals surface area contributed by atoms with Gasteiger partial charge in [-0.2, -0.15) is 0 Å². The van der Waals surface area contributed by atoms with Crippen molar-refractivity contribution in [3.05, 3.63) is 24.3 Å². The Labute approximate surface area is 163 Å². The molecule has 1 aromatic heterocycles. The monoisotopic (exact) mass is 387 g/mol. The maximum absolute atomic E-state index is 12.4. The van der Waals surface area contributed by atoms with Crippen LogP contribution in [0.15, 0.2) is 24.3 Å². The Hall–Kier alpha value is -3.10. The van der Waals surface area contributed by atoms with Gasteiger partial charge in [0.05, 0.1) is 17.6 Å². The summed E-state index contributed by atoms with van der Waals surface area (Å²) in [6, 6.07) is 6.45. The predicted octanol–water partition coefficient (Wildman–Crippen LogP) is 2.18. The van der Waals surface area contributed by atoms with Gasteiger partial charge in [-0.05, 0) is 32.9 Å². The molecule has 0 spiro atoms. The maximum Gasteiger partial charge on any atom is 0.410 e. The van der Waals surface area contributed by atoms with Crippen molar-refractivity contribution in [2.75, 3.05) is 36.9 Å². The number of nitrogens with zero attached hydrogens (tertiary/aromatic N) is 4. The quantitative estimate of drug-likeness (QED) is 0.825. The normalized spacial score (nSPS) is 17.5. The molecule has 28 heavy (non-hydrogen) atoms. The Morgan fingerprint density at radius 2 is 1.82 bits per heavy atom. The number of aliphatic carboxylic acids is 1. The van der Waals surface area contributed by atoms with Crippen molar-refractivity contribution in [3.63, 3.8) is 0 Å². The van der Waals surface area contributed by atoms with Gasteiger partial charge >= 0.3 is 12.1 Å². The number of carboxylic acid groups (broad SMARTS) is 1. The Kier molecular flexibility index (Phi) is 5.26. The lowest BCUT2D eigenvalue weighted by molar-refractivity contribution is -0.139. The number of anilines is 2. The van der Waals surface area contributed by atoms with Crippen molar-refractivity contribution in [2.45, 2.75) is 32.4 Å². The average molecular weight is 387 g/mol. The molecule has 0 radical (unpaired) electrons. The molecule has 1 fully saturated rings. The van der Waals surface area contributed by atoms with E-state index in [1.807, 2.05) is 24.3 Å². The van der Waals surface area contributed by atoms with Crippen molar-refractivity contribution in [3.8, 4) is 0 Å². The molecule has 9 nitrogen and oxygen atoms in total. The number of benzene rings is 1. The molecule has 0 aliphatic carbocycles. The summed E-state index contributed by atoms with van der Waals surface area (Å²) in [4.78, 5) is 36.6. The van der Waals surface area contributed by atoms with Crippen LogP contribution in [0.2, 0.25) is 0 Å². The lowest BCUT2D eigenvalue weighted by Crippen LogP contribution is -2.58. The van der Waals surface area contributed by atoms with Gasteiger partial charge in [0.15, 0.2) is 11.6 Å². The van der Waals surface area contributed by atoms with Crippen molar-refractivity contribution in [1.82, 2.24) is 14.9 Å². The van der Waals surface area contributed by atoms with Gasteiger partial charge in [-0.3, -0.25) is 0 Å². The summed E-state index contributed by atoms with van der Waals surface area (Å²) >= 11 is 0. The van der Waals surface area contributed by atoms with Crippen LogP contribution in [0.4, 0.5) is 16.4 Å². The number of rotatable bonds is 3. The van der Waals surface area contributed by atoms with Crippen molar-refractivity contribution >= 4 is 34.7 Å². The number of aromatic nitrogens is 2. The highest BCUT2D eigenvalue weighted by molar-refractivity contribution is 5.85. The third-order valence-electron chi connectivity index (χ3n) is 4.38. The number of amides is 1. The standard InChI is InChI=1S/C19H25N5O4/c1-19(2,3)28-18(27)23-9-10-24(14(11-23)17(25)26)16-15(20-4)21-12-7-5-6-8-13(12)22-16/h5-8,14H,9-11H2,1-4H3,(H,20,21)(H,25,26)/t14-/m0/s1. The summed E-state index contributed by atoms with van der Waals surface area (Å²) in [6.45, 7) is 5.97. The first-order valence-corrected chi connectivity index (χ1v) is 9.11. The van der Waals surface area contributed by atoms with E-state index in [0.29, 0.717) is 30.2 Å². The highest BCUT2D eigenvalue weighted by Gasteiger charge is 2.37. The fourth-order valence-electron chi connectivity index (χ4n) is 3.10. The van der Waals surface area contributed by atoms with E-state index in [0.717, 1.165) is 5.52 Å². The minimum Gasteiger partial charge on any atom is -0.480 e. The largest absolute Gasteiger partial charge is 0.480 e. The fourth-order valence-corrected chi connectivity index (χ4v) is 3.10. The van der Waals surface area contributed by atoms with Gasteiger partial charge in [0.1, 0.15) is 11.6 Å². The Bertz CT molecular complexity index is 896. The zero-order valence-corrected chi connectivity index (χ0v) is 16.5. The maximum atomic E-state index is 12.4. The third-order valence-corrected chi connectivity index (χ3v) is 4.38. The molecular weight excluding hydrogens is 362 g/mol. The van der Waals surface area contributed by atoms with E-state index in [2.05, 4.69) is 15.3 Å². The van der Waals surface area contributed by atoms with Crippen molar-refractivity contribution < 1.29 is 19.4 Å². The van der Waals surface area contributed by atoms with E-state index in [-0.39, 0.29) is 6.54 Å². The van der Waals surface area contributed by atoms with Gasteiger partial charge < -0.3 is 25.0 Å². The number of ether oxygens (including phenoxy) is 1. The topological polar surface area (TPSA) is 108 Å². The van der Waals surface area contributed by atoms with Crippen LogP contribution in [0, 0.1) is 0 Å². The van der Waals surface area contributed by atoms with Crippen LogP contribution in [0.5, 0.6) is 0 Å². The fraction of sp³-hybridized carbons (Fsp3) is 0.474. The SMILES string of the molecule is CNc1nc2ccccc2nc1N1CCN(C(=O)OC(C)(C)C)C[C@H]1C(=O)O. The number of piperazine rings is 1. The molecule has 2 aromatic rings. The highest BCUT2D eigenvalue weighted by Crippen LogP contribution is 2.28. The van der Waals surface area contributed by atoms with Crippen LogP contribution in [0.1, 0.15) is 20.8 Å². The van der Waals surface area contributed by atoms with Crippen LogP contribution in [-0.4, -0.2) is 70.4 Å². The number of fused-ring (bicyclic) bond motifs is 1. The van der Waals surface area contributed by atoms with Crippen molar-refractivity contribution in [1.29, 1.82) is 0 Å². The van der Waals surface area contributed by atoms with Gasteiger partial charge in [0.25, 0.3) is 0 Å². The first-order valence-electron chi connectivity index (χ1n) is 9.11. The Morgan fingerprint density at radius 1 is 1.18 bits per heavy atom. The van der Waals surface area contributed by atoms with Gasteiger partial charge in [0.2, 0.25) is 0 Å². The zero-order valence-electron chi connectivity index (χ0n) is 16.5. The van der Waals surface area contributed by atoms with Gasteiger partial charge in [-0.1, -0.05) is 12.1 Å². The number of carboxylic acids is 1. The minimum atomic E-state index is -1.04. The van der Waals surface area contributed by atoms with E-state index in [4.69, 9.17) is 4.74 Å². The summed E-state index contributed by atoms with van der Waals surface area (Å²) in [5, 5.41) is 12.8. The molecule has 1 aliphatic rings. The number of carbonyl (C=O) groups excluding carboxylic acids is 1. The Morgan fingerprint density at radius 3 is 2.39 bits per heavy atom. The summed E-state index contributed by atoms with van der Waals surface area (Å²) in [5.41, 5.74) is 0.751. The smallest absolute Gasteiger partial charge is 0.410 e.